The Morgan fingerprint density at radius 2 is 0.869 bits per heavy atom. The van der Waals surface area contributed by atoms with Crippen molar-refractivity contribution in [1.29, 1.82) is 0 Å². The van der Waals surface area contributed by atoms with Crippen LogP contribution < -0.4 is 0 Å². The summed E-state index contributed by atoms with van der Waals surface area (Å²) in [5.74, 6) is 0. The zero-order valence-corrected chi connectivity index (χ0v) is 34.1. The topological polar surface area (TPSA) is 38.7 Å². The summed E-state index contributed by atoms with van der Waals surface area (Å²) in [6, 6.07) is 60.3. The molecule has 0 amide bonds. The lowest BCUT2D eigenvalue weighted by Crippen LogP contribution is -2.01. The van der Waals surface area contributed by atoms with Gasteiger partial charge in [0.15, 0.2) is 0 Å². The average Bonchev–Trinajstić information content (AvgIpc) is 3.36. The number of benzene rings is 6. The smallest absolute Gasteiger partial charge is 0.0708 e. The van der Waals surface area contributed by atoms with Crippen LogP contribution in [0.3, 0.4) is 0 Å². The van der Waals surface area contributed by atoms with Crippen molar-refractivity contribution >= 4 is 0 Å². The normalized spacial score (nSPS) is 13.3. The van der Waals surface area contributed by atoms with Gasteiger partial charge in [0.1, 0.15) is 0 Å². The van der Waals surface area contributed by atoms with Gasteiger partial charge in [-0.2, -0.15) is 0 Å². The molecule has 9 rings (SSSR count). The Bertz CT molecular complexity index is 3110. The van der Waals surface area contributed by atoms with Crippen molar-refractivity contribution in [2.45, 2.75) is 45.3 Å². The van der Waals surface area contributed by atoms with E-state index in [9.17, 15) is 8.22 Å². The molecule has 0 aliphatic heterocycles. The highest BCUT2D eigenvalue weighted by Crippen LogP contribution is 2.32. The first-order valence-electron chi connectivity index (χ1n) is 23.7. The number of hydrogen-bond donors (Lipinski definition) is 0. The van der Waals surface area contributed by atoms with Gasteiger partial charge in [0.25, 0.3) is 0 Å². The van der Waals surface area contributed by atoms with Crippen molar-refractivity contribution < 1.29 is 8.22 Å². The van der Waals surface area contributed by atoms with Gasteiger partial charge in [-0.3, -0.25) is 15.0 Å². The lowest BCUT2D eigenvalue weighted by molar-refractivity contribution is 0.897. The second-order valence-electron chi connectivity index (χ2n) is 15.3. The van der Waals surface area contributed by atoms with Gasteiger partial charge in [-0.15, -0.1) is 0 Å². The number of aromatic nitrogens is 3. The predicted molar refractivity (Wildman–Crippen MR) is 253 cm³/mol. The molecule has 0 unspecified atom stereocenters. The number of pyridine rings is 3. The van der Waals surface area contributed by atoms with E-state index in [1.54, 1.807) is 18.3 Å². The highest BCUT2D eigenvalue weighted by molar-refractivity contribution is 5.76. The molecule has 6 aromatic carbocycles. The molecule has 9 aromatic rings. The second kappa shape index (κ2) is 18.8. The molecule has 0 saturated heterocycles. The van der Waals surface area contributed by atoms with E-state index < -0.39 is 19.1 Å². The third-order valence-electron chi connectivity index (χ3n) is 10.9. The van der Waals surface area contributed by atoms with Crippen LogP contribution in [0.15, 0.2) is 207 Å². The Hall–Kier alpha value is -7.23. The molecule has 3 heteroatoms. The van der Waals surface area contributed by atoms with E-state index in [1.165, 1.54) is 12.3 Å². The highest BCUT2D eigenvalue weighted by atomic mass is 14.7. The Kier molecular flexibility index (Phi) is 10.0. The van der Waals surface area contributed by atoms with Gasteiger partial charge in [0.2, 0.25) is 0 Å². The molecule has 0 atom stereocenters. The maximum absolute atomic E-state index is 9.80. The molecule has 0 spiro atoms. The fourth-order valence-electron chi connectivity index (χ4n) is 7.48. The summed E-state index contributed by atoms with van der Waals surface area (Å²) in [4.78, 5) is 14.2. The molecule has 0 N–H and O–H groups in total. The average molecular weight is 794 g/mol. The quantitative estimate of drug-likeness (QED) is 0.110. The fourth-order valence-corrected chi connectivity index (χ4v) is 7.48. The van der Waals surface area contributed by atoms with Crippen LogP contribution in [0.1, 0.15) is 47.2 Å². The van der Waals surface area contributed by atoms with Crippen molar-refractivity contribution in [2.75, 3.05) is 0 Å². The van der Waals surface area contributed by atoms with Crippen LogP contribution in [-0.2, 0) is 38.4 Å². The SMILES string of the molecule is [2H]C([2H])(Cc1ccc(-c2ccccc2)nc1)c1cc(CCc2ccc(-c3ccccc3)nc2)cc(C([2H])([2H])C([2H])([2H])c2cnc(-c3cccc(-c4ccccc4)c3)cc2-c2ccc(C)cc2)c1. The van der Waals surface area contributed by atoms with E-state index in [0.29, 0.717) is 35.2 Å². The van der Waals surface area contributed by atoms with Crippen LogP contribution in [0.25, 0.3) is 56.0 Å². The zero-order valence-electron chi connectivity index (χ0n) is 40.1. The van der Waals surface area contributed by atoms with Crippen molar-refractivity contribution in [3.05, 3.63) is 246 Å². The van der Waals surface area contributed by atoms with Crippen molar-refractivity contribution in [1.82, 2.24) is 15.0 Å². The Morgan fingerprint density at radius 3 is 1.49 bits per heavy atom. The van der Waals surface area contributed by atoms with Crippen LogP contribution in [0.5, 0.6) is 0 Å². The standard InChI is InChI=1S/C58H49N3/c1-42-20-29-49(30-21-42)55-38-58(53-19-11-18-52(37-53)48-12-5-2-6-13-48)61-41-54(55)31-26-47-35-45(24-22-43-27-32-56(59-39-43)50-14-7-3-8-15-50)34-46(36-47)25-23-44-28-33-57(60-40-44)51-16-9-4-10-17-51/h2-21,27-30,32-41H,22-26,31H2,1H3/i24D2,26D2,31D2. The molecule has 3 heterocycles. The molecule has 3 nitrogen and oxygen atoms in total. The zero-order chi connectivity index (χ0) is 46.6. The van der Waals surface area contributed by atoms with Gasteiger partial charge in [-0.25, -0.2) is 0 Å². The second-order valence-corrected chi connectivity index (χ2v) is 15.3. The summed E-state index contributed by atoms with van der Waals surface area (Å²) in [5, 5.41) is 0. The minimum atomic E-state index is -2.65. The maximum atomic E-state index is 9.80. The first-order valence-corrected chi connectivity index (χ1v) is 20.7. The number of hydrogen-bond acceptors (Lipinski definition) is 3. The molecule has 0 bridgehead atoms. The molecule has 0 saturated carbocycles. The molecular weight excluding hydrogens is 739 g/mol. The molecule has 296 valence electrons. The van der Waals surface area contributed by atoms with E-state index in [0.717, 1.165) is 55.9 Å². The van der Waals surface area contributed by atoms with Crippen molar-refractivity contribution in [2.24, 2.45) is 0 Å². The monoisotopic (exact) mass is 793 g/mol. The minimum absolute atomic E-state index is 0.0207. The molecule has 0 fully saturated rings. The number of rotatable bonds is 14. The molecule has 3 aromatic heterocycles. The third-order valence-corrected chi connectivity index (χ3v) is 10.9. The molecular formula is C58H49N3. The van der Waals surface area contributed by atoms with Gasteiger partial charge in [0, 0.05) is 43.5 Å². The van der Waals surface area contributed by atoms with E-state index in [4.69, 9.17) is 9.97 Å². The predicted octanol–water partition coefficient (Wildman–Crippen LogP) is 13.9. The largest absolute Gasteiger partial charge is 0.256 e. The lowest BCUT2D eigenvalue weighted by atomic mass is 9.92. The van der Waals surface area contributed by atoms with Crippen molar-refractivity contribution in [3.8, 4) is 56.0 Å². The number of aryl methyl sites for hydroxylation is 7. The van der Waals surface area contributed by atoms with E-state index in [-0.39, 0.29) is 23.1 Å². The van der Waals surface area contributed by atoms with Crippen LogP contribution in [-0.4, -0.2) is 15.0 Å². The first-order chi connectivity index (χ1) is 32.3. The summed E-state index contributed by atoms with van der Waals surface area (Å²) >= 11 is 0. The van der Waals surface area contributed by atoms with Gasteiger partial charge in [0.05, 0.1) is 17.1 Å². The van der Waals surface area contributed by atoms with E-state index >= 15 is 0 Å². The van der Waals surface area contributed by atoms with Crippen LogP contribution >= 0.6 is 0 Å². The van der Waals surface area contributed by atoms with E-state index in [2.05, 4.69) is 23.2 Å². The van der Waals surface area contributed by atoms with Crippen LogP contribution in [0.4, 0.5) is 0 Å². The maximum Gasteiger partial charge on any atom is 0.0708 e. The van der Waals surface area contributed by atoms with Crippen molar-refractivity contribution in [3.63, 3.8) is 0 Å². The molecule has 0 aliphatic rings. The van der Waals surface area contributed by atoms with Gasteiger partial charge < -0.3 is 0 Å². The van der Waals surface area contributed by atoms with Crippen LogP contribution in [0, 0.1) is 6.92 Å². The van der Waals surface area contributed by atoms with Gasteiger partial charge >= 0.3 is 0 Å². The minimum Gasteiger partial charge on any atom is -0.256 e. The Labute approximate surface area is 369 Å². The molecule has 0 radical (unpaired) electrons. The Balaban J connectivity index is 1.09. The Morgan fingerprint density at radius 1 is 0.344 bits per heavy atom. The summed E-state index contributed by atoms with van der Waals surface area (Å²) in [6.07, 6.45) is -1.26. The van der Waals surface area contributed by atoms with Gasteiger partial charge in [-0.05, 0) is 125 Å². The summed E-state index contributed by atoms with van der Waals surface area (Å²) in [7, 11) is 0. The lowest BCUT2D eigenvalue weighted by Gasteiger charge is -2.15. The van der Waals surface area contributed by atoms with Crippen LogP contribution in [0.2, 0.25) is 0 Å². The number of nitrogens with zero attached hydrogens (tertiary/aromatic N) is 3. The van der Waals surface area contributed by atoms with E-state index in [1.807, 2.05) is 165 Å². The van der Waals surface area contributed by atoms with Gasteiger partial charge in [-0.1, -0.05) is 169 Å². The third kappa shape index (κ3) is 9.98. The molecule has 61 heavy (non-hydrogen) atoms. The summed E-state index contributed by atoms with van der Waals surface area (Å²) in [5.41, 5.74) is 12.2. The first kappa shape index (κ1) is 32.6. The summed E-state index contributed by atoms with van der Waals surface area (Å²) in [6.45, 7) is 1.99. The molecule has 0 aliphatic carbocycles. The fraction of sp³-hybridized carbons (Fsp3) is 0.121. The highest BCUT2D eigenvalue weighted by Gasteiger charge is 2.13. The summed E-state index contributed by atoms with van der Waals surface area (Å²) < 4.78 is 58.1.